The fraction of sp³-hybridized carbons (Fsp3) is 0.562. The van der Waals surface area contributed by atoms with Gasteiger partial charge >= 0.3 is 0 Å². The van der Waals surface area contributed by atoms with E-state index in [4.69, 9.17) is 4.74 Å². The molecular weight excluding hydrogens is 324 g/mol. The molecule has 1 atom stereocenters. The van der Waals surface area contributed by atoms with Crippen molar-refractivity contribution in [2.24, 2.45) is 12.0 Å². The first-order valence-corrected chi connectivity index (χ1v) is 8.87. The molecule has 2 aromatic rings. The highest BCUT2D eigenvalue weighted by atomic mass is 32.1. The van der Waals surface area contributed by atoms with Gasteiger partial charge in [0, 0.05) is 37.3 Å². The third-order valence-electron chi connectivity index (χ3n) is 4.08. The number of nitrogens with one attached hydrogen (secondary N) is 1. The Morgan fingerprint density at radius 2 is 2.33 bits per heavy atom. The Balaban J connectivity index is 1.63. The number of nitrogens with zero attached hydrogens (tertiary/aromatic N) is 5. The molecular formula is C16H24N6OS. The van der Waals surface area contributed by atoms with E-state index in [0.717, 1.165) is 41.9 Å². The van der Waals surface area contributed by atoms with Crippen LogP contribution in [-0.4, -0.2) is 52.4 Å². The van der Waals surface area contributed by atoms with Crippen LogP contribution in [0.2, 0.25) is 0 Å². The van der Waals surface area contributed by atoms with Crippen molar-refractivity contribution < 1.29 is 4.74 Å². The van der Waals surface area contributed by atoms with Gasteiger partial charge < -0.3 is 15.0 Å². The van der Waals surface area contributed by atoms with Gasteiger partial charge in [0.2, 0.25) is 0 Å². The first-order valence-electron chi connectivity index (χ1n) is 8.05. The molecule has 1 unspecified atom stereocenters. The number of morpholine rings is 1. The van der Waals surface area contributed by atoms with E-state index in [-0.39, 0.29) is 6.10 Å². The molecule has 8 heteroatoms. The highest BCUT2D eigenvalue weighted by Gasteiger charge is 2.25. The van der Waals surface area contributed by atoms with Gasteiger partial charge in [-0.25, -0.2) is 4.98 Å². The van der Waals surface area contributed by atoms with Crippen LogP contribution in [0, 0.1) is 13.8 Å². The Bertz CT molecular complexity index is 722. The molecule has 0 spiro atoms. The largest absolute Gasteiger partial charge is 0.370 e. The number of guanidine groups is 1. The maximum absolute atomic E-state index is 5.90. The molecule has 1 N–H and O–H groups in total. The zero-order valence-electron chi connectivity index (χ0n) is 14.6. The number of hydrogen-bond acceptors (Lipinski definition) is 5. The minimum atomic E-state index is 0.0263. The summed E-state index contributed by atoms with van der Waals surface area (Å²) in [6.07, 6.45) is 3.90. The van der Waals surface area contributed by atoms with E-state index in [2.05, 4.69) is 32.2 Å². The number of aliphatic imine (C=N–C) groups is 1. The van der Waals surface area contributed by atoms with Gasteiger partial charge in [-0.2, -0.15) is 5.10 Å². The third-order valence-corrected chi connectivity index (χ3v) is 5.15. The van der Waals surface area contributed by atoms with Gasteiger partial charge in [-0.3, -0.25) is 9.67 Å². The average molecular weight is 348 g/mol. The van der Waals surface area contributed by atoms with E-state index in [1.807, 2.05) is 33.4 Å². The molecule has 3 heterocycles. The van der Waals surface area contributed by atoms with Gasteiger partial charge in [-0.15, -0.1) is 11.3 Å². The molecule has 0 saturated carbocycles. The number of ether oxygens (including phenoxy) is 1. The summed E-state index contributed by atoms with van der Waals surface area (Å²) < 4.78 is 7.71. The van der Waals surface area contributed by atoms with E-state index in [1.54, 1.807) is 16.0 Å². The minimum Gasteiger partial charge on any atom is -0.370 e. The van der Waals surface area contributed by atoms with Crippen molar-refractivity contribution in [3.8, 4) is 0 Å². The lowest BCUT2D eigenvalue weighted by atomic mass is 10.1. The zero-order valence-corrected chi connectivity index (χ0v) is 15.4. The SMILES string of the molecule is CN=C(NCc1sc(C)nc1C)N1CCOC(c2cnn(C)c2)C1. The number of thiazole rings is 1. The predicted molar refractivity (Wildman–Crippen MR) is 95.3 cm³/mol. The fourth-order valence-electron chi connectivity index (χ4n) is 2.88. The zero-order chi connectivity index (χ0) is 17.1. The summed E-state index contributed by atoms with van der Waals surface area (Å²) in [5.74, 6) is 0.901. The lowest BCUT2D eigenvalue weighted by Gasteiger charge is -2.34. The summed E-state index contributed by atoms with van der Waals surface area (Å²) in [5, 5.41) is 8.79. The standard InChI is InChI=1S/C16H24N6OS/c1-11-15(24-12(2)20-11)8-18-16(17-3)22-5-6-23-14(10-22)13-7-19-21(4)9-13/h7,9,14H,5-6,8,10H2,1-4H3,(H,17,18). The van der Waals surface area contributed by atoms with Crippen molar-refractivity contribution in [2.45, 2.75) is 26.5 Å². The highest BCUT2D eigenvalue weighted by molar-refractivity contribution is 7.11. The van der Waals surface area contributed by atoms with Crippen LogP contribution in [0.4, 0.5) is 0 Å². The van der Waals surface area contributed by atoms with Crippen molar-refractivity contribution in [3.05, 3.63) is 33.5 Å². The van der Waals surface area contributed by atoms with E-state index in [1.165, 1.54) is 4.88 Å². The summed E-state index contributed by atoms with van der Waals surface area (Å²) in [7, 11) is 3.74. The van der Waals surface area contributed by atoms with Gasteiger partial charge in [0.25, 0.3) is 0 Å². The van der Waals surface area contributed by atoms with Crippen LogP contribution in [0.15, 0.2) is 17.4 Å². The summed E-state index contributed by atoms with van der Waals surface area (Å²) in [6, 6.07) is 0. The topological polar surface area (TPSA) is 67.6 Å². The molecule has 1 saturated heterocycles. The second-order valence-corrected chi connectivity index (χ2v) is 7.18. The summed E-state index contributed by atoms with van der Waals surface area (Å²) >= 11 is 1.73. The number of aryl methyl sites for hydroxylation is 3. The van der Waals surface area contributed by atoms with Gasteiger partial charge in [-0.05, 0) is 13.8 Å². The van der Waals surface area contributed by atoms with Crippen LogP contribution in [0.5, 0.6) is 0 Å². The number of hydrogen-bond donors (Lipinski definition) is 1. The molecule has 3 rings (SSSR count). The Hall–Kier alpha value is -1.93. The second-order valence-electron chi connectivity index (χ2n) is 5.90. The maximum atomic E-state index is 5.90. The fourth-order valence-corrected chi connectivity index (χ4v) is 3.76. The molecule has 24 heavy (non-hydrogen) atoms. The molecule has 1 fully saturated rings. The van der Waals surface area contributed by atoms with Crippen molar-refractivity contribution in [3.63, 3.8) is 0 Å². The van der Waals surface area contributed by atoms with Crippen LogP contribution in [0.3, 0.4) is 0 Å². The number of rotatable bonds is 3. The van der Waals surface area contributed by atoms with Crippen molar-refractivity contribution in [1.82, 2.24) is 25.0 Å². The third kappa shape index (κ3) is 3.76. The summed E-state index contributed by atoms with van der Waals surface area (Å²) in [6.45, 7) is 7.12. The molecule has 2 aromatic heterocycles. The molecule has 0 bridgehead atoms. The highest BCUT2D eigenvalue weighted by Crippen LogP contribution is 2.22. The van der Waals surface area contributed by atoms with E-state index >= 15 is 0 Å². The molecule has 1 aliphatic heterocycles. The quantitative estimate of drug-likeness (QED) is 0.675. The van der Waals surface area contributed by atoms with Crippen molar-refractivity contribution in [2.75, 3.05) is 26.7 Å². The van der Waals surface area contributed by atoms with Gasteiger partial charge in [0.05, 0.1) is 36.6 Å². The van der Waals surface area contributed by atoms with Crippen LogP contribution in [0.25, 0.3) is 0 Å². The van der Waals surface area contributed by atoms with Crippen molar-refractivity contribution in [1.29, 1.82) is 0 Å². The molecule has 130 valence electrons. The van der Waals surface area contributed by atoms with Gasteiger partial charge in [0.15, 0.2) is 5.96 Å². The Morgan fingerprint density at radius 1 is 1.50 bits per heavy atom. The van der Waals surface area contributed by atoms with Crippen molar-refractivity contribution >= 4 is 17.3 Å². The van der Waals surface area contributed by atoms with Crippen LogP contribution >= 0.6 is 11.3 Å². The lowest BCUT2D eigenvalue weighted by molar-refractivity contribution is -0.00805. The lowest BCUT2D eigenvalue weighted by Crippen LogP contribution is -2.47. The maximum Gasteiger partial charge on any atom is 0.194 e. The predicted octanol–water partition coefficient (Wildman–Crippen LogP) is 1.64. The molecule has 0 radical (unpaired) electrons. The molecule has 7 nitrogen and oxygen atoms in total. The summed E-state index contributed by atoms with van der Waals surface area (Å²) in [4.78, 5) is 12.4. The summed E-state index contributed by atoms with van der Waals surface area (Å²) in [5.41, 5.74) is 2.20. The molecule has 0 amide bonds. The normalized spacial score (nSPS) is 18.9. The molecule has 0 aromatic carbocycles. The minimum absolute atomic E-state index is 0.0263. The van der Waals surface area contributed by atoms with Gasteiger partial charge in [-0.1, -0.05) is 0 Å². The van der Waals surface area contributed by atoms with Crippen LogP contribution in [0.1, 0.15) is 27.2 Å². The first kappa shape index (κ1) is 16.9. The van der Waals surface area contributed by atoms with Gasteiger partial charge in [0.1, 0.15) is 6.10 Å². The van der Waals surface area contributed by atoms with E-state index in [9.17, 15) is 0 Å². The first-order chi connectivity index (χ1) is 11.6. The van der Waals surface area contributed by atoms with E-state index < -0.39 is 0 Å². The van der Waals surface area contributed by atoms with E-state index in [0.29, 0.717) is 6.61 Å². The molecule has 1 aliphatic rings. The monoisotopic (exact) mass is 348 g/mol. The van der Waals surface area contributed by atoms with Crippen LogP contribution < -0.4 is 5.32 Å². The average Bonchev–Trinajstić information content (AvgIpc) is 3.14. The number of aromatic nitrogens is 3. The Labute approximate surface area is 146 Å². The van der Waals surface area contributed by atoms with Crippen LogP contribution in [-0.2, 0) is 18.3 Å². The second kappa shape index (κ2) is 7.31. The smallest absolute Gasteiger partial charge is 0.194 e. The Kier molecular flexibility index (Phi) is 5.15. The Morgan fingerprint density at radius 3 is 2.96 bits per heavy atom. The molecule has 0 aliphatic carbocycles.